The molecule has 0 unspecified atom stereocenters. The van der Waals surface area contributed by atoms with Gasteiger partial charge in [-0.2, -0.15) is 0 Å². The molecule has 1 aliphatic heterocycles. The predicted octanol–water partition coefficient (Wildman–Crippen LogP) is 6.23. The number of aliphatic hydroxyl groups is 1. The van der Waals surface area contributed by atoms with Gasteiger partial charge >= 0.3 is 0 Å². The van der Waals surface area contributed by atoms with Crippen LogP contribution < -0.4 is 9.64 Å². The number of amides is 1. The number of aliphatic hydroxyl groups excluding tert-OH is 1. The van der Waals surface area contributed by atoms with E-state index in [0.29, 0.717) is 27.4 Å². The number of amidine groups is 1. The molecule has 6 nitrogen and oxygen atoms in total. The molecule has 1 saturated carbocycles. The Labute approximate surface area is 222 Å². The topological polar surface area (TPSA) is 71.4 Å². The van der Waals surface area contributed by atoms with Crippen molar-refractivity contribution in [1.82, 2.24) is 0 Å². The maximum Gasteiger partial charge on any atom is 0.271 e. The lowest BCUT2D eigenvalue weighted by atomic mass is 10.1. The van der Waals surface area contributed by atoms with Crippen LogP contribution in [0, 0.1) is 6.92 Å². The van der Waals surface area contributed by atoms with Gasteiger partial charge in [-0.05, 0) is 73.4 Å². The maximum absolute atomic E-state index is 13.4. The number of aryl methyl sites for hydroxylation is 1. The van der Waals surface area contributed by atoms with Crippen molar-refractivity contribution < 1.29 is 19.4 Å². The molecule has 0 radical (unpaired) electrons. The SMILES string of the molecule is CCCN=C1S/C(=C\c2ccc(OC[C@H](O)COC3CCCC3)c(Cl)c2)C(=O)N1c1ccccc1C. The lowest BCUT2D eigenvalue weighted by Crippen LogP contribution is -2.29. The summed E-state index contributed by atoms with van der Waals surface area (Å²) >= 11 is 7.84. The number of anilines is 1. The molecule has 2 aliphatic rings. The standard InChI is InChI=1S/C28H33ClN2O4S/c1-3-14-30-28-31(24-11-7-4-8-19(24)2)27(33)26(36-28)16-20-12-13-25(23(29)15-20)35-18-21(32)17-34-22-9-5-6-10-22/h4,7-8,11-13,15-16,21-22,32H,3,5-6,9-10,14,17-18H2,1-2H3/b26-16-,30-28?/t21-/m1/s1. The highest BCUT2D eigenvalue weighted by Crippen LogP contribution is 2.38. The smallest absolute Gasteiger partial charge is 0.271 e. The first-order valence-corrected chi connectivity index (χ1v) is 13.7. The summed E-state index contributed by atoms with van der Waals surface area (Å²) in [6, 6.07) is 13.2. The summed E-state index contributed by atoms with van der Waals surface area (Å²) in [7, 11) is 0. The van der Waals surface area contributed by atoms with Gasteiger partial charge in [-0.15, -0.1) is 0 Å². The van der Waals surface area contributed by atoms with E-state index in [1.807, 2.05) is 43.3 Å². The zero-order valence-electron chi connectivity index (χ0n) is 20.8. The number of carbonyl (C=O) groups excluding carboxylic acids is 1. The molecule has 2 aromatic rings. The number of halogens is 1. The van der Waals surface area contributed by atoms with Gasteiger partial charge in [0.1, 0.15) is 18.5 Å². The van der Waals surface area contributed by atoms with E-state index in [4.69, 9.17) is 21.1 Å². The fourth-order valence-corrected chi connectivity index (χ4v) is 5.47. The molecule has 36 heavy (non-hydrogen) atoms. The molecule has 1 heterocycles. The minimum absolute atomic E-state index is 0.101. The third-order valence-electron chi connectivity index (χ3n) is 6.14. The van der Waals surface area contributed by atoms with Crippen LogP contribution in [0.25, 0.3) is 6.08 Å². The second-order valence-corrected chi connectivity index (χ2v) is 10.5. The van der Waals surface area contributed by atoms with Crippen molar-refractivity contribution in [3.05, 3.63) is 63.5 Å². The molecule has 192 valence electrons. The van der Waals surface area contributed by atoms with E-state index in [0.717, 1.165) is 36.1 Å². The fourth-order valence-electron chi connectivity index (χ4n) is 4.22. The van der Waals surface area contributed by atoms with Gasteiger partial charge in [0.05, 0.1) is 28.3 Å². The van der Waals surface area contributed by atoms with Gasteiger partial charge < -0.3 is 14.6 Å². The highest BCUT2D eigenvalue weighted by molar-refractivity contribution is 8.19. The molecule has 4 rings (SSSR count). The van der Waals surface area contributed by atoms with E-state index in [2.05, 4.69) is 11.9 Å². The van der Waals surface area contributed by atoms with Crippen LogP contribution in [-0.2, 0) is 9.53 Å². The number of benzene rings is 2. The van der Waals surface area contributed by atoms with E-state index in [1.54, 1.807) is 17.0 Å². The van der Waals surface area contributed by atoms with Gasteiger partial charge in [0.2, 0.25) is 0 Å². The van der Waals surface area contributed by atoms with Crippen molar-refractivity contribution in [3.63, 3.8) is 0 Å². The number of nitrogens with zero attached hydrogens (tertiary/aromatic N) is 2. The molecule has 0 spiro atoms. The summed E-state index contributed by atoms with van der Waals surface area (Å²) in [5.41, 5.74) is 2.64. The Bertz CT molecular complexity index is 1130. The zero-order valence-corrected chi connectivity index (χ0v) is 22.4. The fraction of sp³-hybridized carbons (Fsp3) is 0.429. The van der Waals surface area contributed by atoms with E-state index in [1.165, 1.54) is 24.6 Å². The molecule has 0 aromatic heterocycles. The van der Waals surface area contributed by atoms with E-state index in [9.17, 15) is 9.90 Å². The van der Waals surface area contributed by atoms with Crippen LogP contribution in [0.3, 0.4) is 0 Å². The van der Waals surface area contributed by atoms with Gasteiger partial charge in [0, 0.05) is 6.54 Å². The molecule has 1 aliphatic carbocycles. The number of thioether (sulfide) groups is 1. The molecule has 2 fully saturated rings. The number of hydrogen-bond donors (Lipinski definition) is 1. The number of para-hydroxylation sites is 1. The van der Waals surface area contributed by atoms with E-state index < -0.39 is 6.10 Å². The Morgan fingerprint density at radius 2 is 2.00 bits per heavy atom. The molecule has 1 amide bonds. The highest BCUT2D eigenvalue weighted by atomic mass is 35.5. The second-order valence-electron chi connectivity index (χ2n) is 9.10. The van der Waals surface area contributed by atoms with Crippen LogP contribution in [0.2, 0.25) is 5.02 Å². The lowest BCUT2D eigenvalue weighted by molar-refractivity contribution is -0.113. The minimum atomic E-state index is -0.718. The Balaban J connectivity index is 1.43. The third-order valence-corrected chi connectivity index (χ3v) is 7.45. The molecule has 8 heteroatoms. The molecule has 0 bridgehead atoms. The third kappa shape index (κ3) is 6.71. The molecular formula is C28H33ClN2O4S. The molecule has 1 saturated heterocycles. The van der Waals surface area contributed by atoms with Gasteiger partial charge in [0.15, 0.2) is 5.17 Å². The first-order valence-electron chi connectivity index (χ1n) is 12.5. The average Bonchev–Trinajstić information content (AvgIpc) is 3.49. The van der Waals surface area contributed by atoms with Crippen LogP contribution in [0.15, 0.2) is 52.4 Å². The molecule has 2 aromatic carbocycles. The van der Waals surface area contributed by atoms with Crippen molar-refractivity contribution in [2.24, 2.45) is 4.99 Å². The maximum atomic E-state index is 13.4. The summed E-state index contributed by atoms with van der Waals surface area (Å²) in [4.78, 5) is 20.3. The first-order chi connectivity index (χ1) is 17.5. The van der Waals surface area contributed by atoms with Crippen molar-refractivity contribution in [3.8, 4) is 5.75 Å². The summed E-state index contributed by atoms with van der Waals surface area (Å²) < 4.78 is 11.5. The summed E-state index contributed by atoms with van der Waals surface area (Å²) in [6.45, 7) is 5.06. The van der Waals surface area contributed by atoms with Crippen molar-refractivity contribution in [2.75, 3.05) is 24.7 Å². The number of hydrogen-bond acceptors (Lipinski definition) is 6. The zero-order chi connectivity index (χ0) is 25.5. The summed E-state index contributed by atoms with van der Waals surface area (Å²) in [5, 5.41) is 11.3. The second kappa shape index (κ2) is 12.8. The monoisotopic (exact) mass is 528 g/mol. The Morgan fingerprint density at radius 3 is 2.72 bits per heavy atom. The number of aliphatic imine (C=N–C) groups is 1. The average molecular weight is 529 g/mol. The van der Waals surface area contributed by atoms with Crippen LogP contribution in [0.1, 0.15) is 50.2 Å². The number of carbonyl (C=O) groups is 1. The van der Waals surface area contributed by atoms with Gasteiger partial charge in [0.25, 0.3) is 5.91 Å². The number of ether oxygens (including phenoxy) is 2. The van der Waals surface area contributed by atoms with Crippen molar-refractivity contribution in [2.45, 2.75) is 58.2 Å². The normalized spacial score (nSPS) is 19.6. The molecular weight excluding hydrogens is 496 g/mol. The van der Waals surface area contributed by atoms with Crippen molar-refractivity contribution in [1.29, 1.82) is 0 Å². The molecule has 1 N–H and O–H groups in total. The van der Waals surface area contributed by atoms with Crippen LogP contribution in [-0.4, -0.2) is 48.1 Å². The highest BCUT2D eigenvalue weighted by Gasteiger charge is 2.35. The van der Waals surface area contributed by atoms with Gasteiger partial charge in [-0.3, -0.25) is 14.7 Å². The van der Waals surface area contributed by atoms with E-state index in [-0.39, 0.29) is 25.2 Å². The quantitative estimate of drug-likeness (QED) is 0.370. The summed E-state index contributed by atoms with van der Waals surface area (Å²) in [6.07, 6.45) is 6.76. The summed E-state index contributed by atoms with van der Waals surface area (Å²) in [5.74, 6) is 0.377. The lowest BCUT2D eigenvalue weighted by Gasteiger charge is -2.18. The number of rotatable bonds is 10. The van der Waals surface area contributed by atoms with Crippen LogP contribution in [0.5, 0.6) is 5.75 Å². The van der Waals surface area contributed by atoms with Crippen molar-refractivity contribution >= 4 is 46.2 Å². The first kappa shape index (κ1) is 26.7. The van der Waals surface area contributed by atoms with E-state index >= 15 is 0 Å². The minimum Gasteiger partial charge on any atom is -0.489 e. The Hall–Kier alpha value is -2.32. The van der Waals surface area contributed by atoms with Gasteiger partial charge in [-0.1, -0.05) is 55.6 Å². The molecule has 1 atom stereocenters. The predicted molar refractivity (Wildman–Crippen MR) is 148 cm³/mol. The van der Waals surface area contributed by atoms with Gasteiger partial charge in [-0.25, -0.2) is 0 Å². The van der Waals surface area contributed by atoms with Crippen LogP contribution in [0.4, 0.5) is 5.69 Å². The Kier molecular flexibility index (Phi) is 9.48. The van der Waals surface area contributed by atoms with Crippen LogP contribution >= 0.6 is 23.4 Å². The largest absolute Gasteiger partial charge is 0.489 e. The Morgan fingerprint density at radius 1 is 1.22 bits per heavy atom.